The fourth-order valence-electron chi connectivity index (χ4n) is 0.603. The normalized spacial score (nSPS) is 15.9. The van der Waals surface area contributed by atoms with Crippen LogP contribution >= 0.6 is 47.8 Å². The van der Waals surface area contributed by atoms with E-state index >= 15 is 0 Å². The van der Waals surface area contributed by atoms with E-state index in [4.69, 9.17) is 0 Å². The number of nitrogens with zero attached hydrogens (tertiary/aromatic N) is 1. The molecule has 0 aromatic carbocycles. The highest BCUT2D eigenvalue weighted by Gasteiger charge is 2.19. The Kier molecular flexibility index (Phi) is 5.05. The van der Waals surface area contributed by atoms with Crippen molar-refractivity contribution in [3.05, 3.63) is 0 Å². The fraction of sp³-hybridized carbons (Fsp3) is 1.00. The van der Waals surface area contributed by atoms with Gasteiger partial charge in [0.1, 0.15) is 0 Å². The summed E-state index contributed by atoms with van der Waals surface area (Å²) in [6, 6.07) is 0. The van der Waals surface area contributed by atoms with Crippen molar-refractivity contribution >= 4 is 47.8 Å². The maximum atomic E-state index is 3.57. The number of rotatable bonds is 3. The van der Waals surface area contributed by atoms with Gasteiger partial charge in [-0.25, -0.2) is 0 Å². The Morgan fingerprint density at radius 1 is 1.10 bits per heavy atom. The van der Waals surface area contributed by atoms with E-state index in [0.717, 1.165) is 11.0 Å². The Labute approximate surface area is 88.1 Å². The highest BCUT2D eigenvalue weighted by atomic mass is 79.9. The van der Waals surface area contributed by atoms with Gasteiger partial charge in [0, 0.05) is 0 Å². The van der Waals surface area contributed by atoms with Gasteiger partial charge in [0.25, 0.3) is 0 Å². The zero-order chi connectivity index (χ0) is 8.36. The number of hydrogen-bond donors (Lipinski definition) is 0. The van der Waals surface area contributed by atoms with Crippen molar-refractivity contribution in [2.45, 2.75) is 8.56 Å². The van der Waals surface area contributed by atoms with Crippen LogP contribution in [-0.4, -0.2) is 40.7 Å². The van der Waals surface area contributed by atoms with E-state index in [1.54, 1.807) is 0 Å². The number of hydrogen-bond acceptors (Lipinski definition) is 0. The molecular formula is C6H13Br3N+. The van der Waals surface area contributed by atoms with Crippen LogP contribution in [0.1, 0.15) is 0 Å². The van der Waals surface area contributed by atoms with Crippen molar-refractivity contribution in [1.29, 1.82) is 0 Å². The lowest BCUT2D eigenvalue weighted by Gasteiger charge is -2.27. The van der Waals surface area contributed by atoms with Gasteiger partial charge in [0.2, 0.25) is 0 Å². The van der Waals surface area contributed by atoms with Gasteiger partial charge in [-0.3, -0.25) is 0 Å². The van der Waals surface area contributed by atoms with Crippen LogP contribution in [0.3, 0.4) is 0 Å². The number of quaternary nitrogens is 1. The second-order valence-corrected chi connectivity index (χ2v) is 7.70. The van der Waals surface area contributed by atoms with E-state index in [9.17, 15) is 0 Å². The van der Waals surface area contributed by atoms with Gasteiger partial charge in [-0.15, -0.1) is 0 Å². The van der Waals surface area contributed by atoms with Gasteiger partial charge in [-0.05, 0) is 0 Å². The molecule has 0 aromatic rings. The Balaban J connectivity index is 3.68. The molecule has 0 amide bonds. The zero-order valence-corrected chi connectivity index (χ0v) is 11.2. The lowest BCUT2D eigenvalue weighted by atomic mass is 10.4. The predicted molar refractivity (Wildman–Crippen MR) is 57.3 cm³/mol. The molecule has 0 spiro atoms. The molecule has 0 fully saturated rings. The maximum Gasteiger partial charge on any atom is 0.0927 e. The third kappa shape index (κ3) is 6.13. The van der Waals surface area contributed by atoms with Gasteiger partial charge < -0.3 is 4.48 Å². The van der Waals surface area contributed by atoms with E-state index < -0.39 is 0 Å². The molecule has 62 valence electrons. The summed E-state index contributed by atoms with van der Waals surface area (Å²) in [6.07, 6.45) is 0. The Bertz CT molecular complexity index is 97.7. The quantitative estimate of drug-likeness (QED) is 0.548. The first-order valence-electron chi connectivity index (χ1n) is 3.05. The number of halogens is 3. The summed E-state index contributed by atoms with van der Waals surface area (Å²) in [7, 11) is 6.53. The van der Waals surface area contributed by atoms with E-state index in [1.807, 2.05) is 0 Å². The van der Waals surface area contributed by atoms with Crippen LogP contribution in [0, 0.1) is 0 Å². The van der Waals surface area contributed by atoms with Crippen LogP contribution in [0.2, 0.25) is 0 Å². The third-order valence-electron chi connectivity index (χ3n) is 0.996. The first kappa shape index (κ1) is 11.4. The molecule has 0 aliphatic carbocycles. The van der Waals surface area contributed by atoms with Crippen LogP contribution in [-0.2, 0) is 0 Å². The zero-order valence-electron chi connectivity index (χ0n) is 6.44. The summed E-state index contributed by atoms with van der Waals surface area (Å²) < 4.78 is 1.33. The maximum absolute atomic E-state index is 3.57. The Morgan fingerprint density at radius 2 is 1.50 bits per heavy atom. The first-order chi connectivity index (χ1) is 4.33. The standard InChI is InChI=1S/C6H13Br3N/c1-10(2,3)4-5(7)6(8)9/h5-6H,4H2,1-3H3/q+1. The minimum atomic E-state index is 0.359. The largest absolute Gasteiger partial charge is 0.330 e. The molecule has 0 saturated carbocycles. The van der Waals surface area contributed by atoms with Crippen molar-refractivity contribution in [2.24, 2.45) is 0 Å². The van der Waals surface area contributed by atoms with Gasteiger partial charge in [0.05, 0.1) is 36.3 Å². The minimum Gasteiger partial charge on any atom is -0.330 e. The van der Waals surface area contributed by atoms with E-state index in [2.05, 4.69) is 68.9 Å². The molecule has 4 heteroatoms. The smallest absolute Gasteiger partial charge is 0.0927 e. The monoisotopic (exact) mass is 336 g/mol. The van der Waals surface area contributed by atoms with Gasteiger partial charge >= 0.3 is 0 Å². The molecule has 0 heterocycles. The molecule has 0 N–H and O–H groups in total. The van der Waals surface area contributed by atoms with Crippen LogP contribution in [0.4, 0.5) is 0 Å². The van der Waals surface area contributed by atoms with Crippen molar-refractivity contribution in [3.8, 4) is 0 Å². The van der Waals surface area contributed by atoms with E-state index in [-0.39, 0.29) is 0 Å². The van der Waals surface area contributed by atoms with Crippen molar-refractivity contribution < 1.29 is 4.48 Å². The average Bonchev–Trinajstić information content (AvgIpc) is 1.60. The SMILES string of the molecule is C[N+](C)(C)CC(Br)C(Br)Br. The Hall–Kier alpha value is 1.40. The topological polar surface area (TPSA) is 0 Å². The summed E-state index contributed by atoms with van der Waals surface area (Å²) in [5.41, 5.74) is 0. The minimum absolute atomic E-state index is 0.359. The van der Waals surface area contributed by atoms with Gasteiger partial charge in [-0.1, -0.05) is 47.8 Å². The average molecular weight is 339 g/mol. The molecule has 1 unspecified atom stereocenters. The van der Waals surface area contributed by atoms with Gasteiger partial charge in [0.15, 0.2) is 0 Å². The highest BCUT2D eigenvalue weighted by molar-refractivity contribution is 9.25. The van der Waals surface area contributed by atoms with Crippen LogP contribution in [0.25, 0.3) is 0 Å². The summed E-state index contributed by atoms with van der Waals surface area (Å²) in [5.74, 6) is 0. The lowest BCUT2D eigenvalue weighted by Crippen LogP contribution is -2.41. The predicted octanol–water partition coefficient (Wildman–Crippen LogP) is 2.57. The molecule has 0 saturated heterocycles. The molecule has 10 heavy (non-hydrogen) atoms. The summed E-state index contributed by atoms with van der Waals surface area (Å²) in [4.78, 5) is 0.479. The molecule has 1 nitrogen and oxygen atoms in total. The molecule has 1 atom stereocenters. The second kappa shape index (κ2) is 4.43. The molecule has 0 aliphatic heterocycles. The summed E-state index contributed by atoms with van der Waals surface area (Å²) >= 11 is 10.5. The molecule has 0 radical (unpaired) electrons. The van der Waals surface area contributed by atoms with Crippen LogP contribution in [0.15, 0.2) is 0 Å². The van der Waals surface area contributed by atoms with Crippen molar-refractivity contribution in [3.63, 3.8) is 0 Å². The molecule has 0 rings (SSSR count). The second-order valence-electron chi connectivity index (χ2n) is 3.32. The van der Waals surface area contributed by atoms with Crippen molar-refractivity contribution in [1.82, 2.24) is 0 Å². The summed E-state index contributed by atoms with van der Waals surface area (Å²) in [6.45, 7) is 1.10. The molecule has 0 bridgehead atoms. The van der Waals surface area contributed by atoms with Crippen molar-refractivity contribution in [2.75, 3.05) is 27.7 Å². The molecular weight excluding hydrogens is 326 g/mol. The van der Waals surface area contributed by atoms with Crippen LogP contribution in [0.5, 0.6) is 0 Å². The molecule has 0 aromatic heterocycles. The summed E-state index contributed by atoms with van der Waals surface area (Å²) in [5, 5.41) is 0. The fourth-order valence-corrected chi connectivity index (χ4v) is 1.81. The third-order valence-corrected chi connectivity index (χ3v) is 4.51. The Morgan fingerprint density at radius 3 is 1.60 bits per heavy atom. The number of alkyl halides is 3. The van der Waals surface area contributed by atoms with E-state index in [1.165, 1.54) is 0 Å². The first-order valence-corrected chi connectivity index (χ1v) is 5.80. The highest BCUT2D eigenvalue weighted by Crippen LogP contribution is 2.21. The molecule has 0 aliphatic rings. The van der Waals surface area contributed by atoms with Crippen LogP contribution < -0.4 is 0 Å². The van der Waals surface area contributed by atoms with Gasteiger partial charge in [-0.2, -0.15) is 0 Å². The lowest BCUT2D eigenvalue weighted by molar-refractivity contribution is -0.869. The van der Waals surface area contributed by atoms with E-state index in [0.29, 0.717) is 8.56 Å².